The molecule has 2 saturated heterocycles. The number of nitrogens with one attached hydrogen (secondary N) is 1. The number of esters is 1. The minimum atomic E-state index is -1.33. The number of rotatable bonds is 9. The Bertz CT molecular complexity index is 1250. The number of oxime groups is 1. The molecule has 2 aliphatic heterocycles. The van der Waals surface area contributed by atoms with E-state index in [1.54, 1.807) is 0 Å². The zero-order valence-corrected chi connectivity index (χ0v) is 25.4. The molecule has 1 saturated carbocycles. The van der Waals surface area contributed by atoms with Crippen LogP contribution in [0.25, 0.3) is 0 Å². The Morgan fingerprint density at radius 3 is 2.58 bits per heavy atom. The topological polar surface area (TPSA) is 212 Å². The van der Waals surface area contributed by atoms with Crippen molar-refractivity contribution in [2.75, 3.05) is 32.2 Å². The highest BCUT2D eigenvalue weighted by atomic mass is 32.2. The molecule has 5 atom stereocenters. The van der Waals surface area contributed by atoms with Gasteiger partial charge in [-0.2, -0.15) is 0 Å². The highest BCUT2D eigenvalue weighted by Gasteiger charge is 2.58. The number of hydrogen-bond donors (Lipinski definition) is 3. The summed E-state index contributed by atoms with van der Waals surface area (Å²) in [7, 11) is 3.00. The zero-order valence-electron chi connectivity index (χ0n) is 23.8. The van der Waals surface area contributed by atoms with Crippen LogP contribution in [0.1, 0.15) is 44.7 Å². The fourth-order valence-corrected chi connectivity index (χ4v) is 6.99. The molecular formula is C25H34N6O10S2. The number of anilines is 1. The Balaban J connectivity index is 1.43. The molecule has 236 valence electrons. The normalized spacial score (nSPS) is 24.6. The van der Waals surface area contributed by atoms with Crippen LogP contribution >= 0.6 is 23.1 Å². The molecule has 3 heterocycles. The Kier molecular flexibility index (Phi) is 10.5. The van der Waals surface area contributed by atoms with Crippen molar-refractivity contribution in [3.63, 3.8) is 0 Å². The quantitative estimate of drug-likeness (QED) is 0.0661. The van der Waals surface area contributed by atoms with Crippen molar-refractivity contribution in [2.45, 2.75) is 68.9 Å². The average Bonchev–Trinajstić information content (AvgIpc) is 3.39. The van der Waals surface area contributed by atoms with Gasteiger partial charge in [-0.15, -0.1) is 23.1 Å². The highest BCUT2D eigenvalue weighted by molar-refractivity contribution is 8.00. The van der Waals surface area contributed by atoms with Crippen molar-refractivity contribution in [2.24, 2.45) is 11.1 Å². The summed E-state index contributed by atoms with van der Waals surface area (Å²) in [5, 5.41) is 15.8. The van der Waals surface area contributed by atoms with E-state index in [0.717, 1.165) is 43.4 Å². The molecule has 0 bridgehead atoms. The van der Waals surface area contributed by atoms with Gasteiger partial charge in [0.2, 0.25) is 12.2 Å². The van der Waals surface area contributed by atoms with E-state index in [9.17, 15) is 29.2 Å². The van der Waals surface area contributed by atoms with Crippen LogP contribution in [0.5, 0.6) is 0 Å². The molecule has 3 amide bonds. The molecule has 18 heteroatoms. The van der Waals surface area contributed by atoms with Crippen molar-refractivity contribution in [1.29, 1.82) is 0 Å². The average molecular weight is 643 g/mol. The van der Waals surface area contributed by atoms with Gasteiger partial charge >= 0.3 is 18.2 Å². The standard InChI is InChI=1S/C25H34N6O10S2/c1-12(40-25(36)41-14-7-5-4-6-8-14)39-22(34)18-13(9-38-24(35)30(2)3)10-42-21-17(20(33)31(18)21)28-19(32)16(29-37)15-11-43-23(26)27-15/h11-14,17-18,21,37H,4-10H2,1-3H3,(H2,26,27)(H,28,32)/b29-16+. The van der Waals surface area contributed by atoms with Crippen molar-refractivity contribution < 1.29 is 48.1 Å². The molecule has 0 spiro atoms. The van der Waals surface area contributed by atoms with Crippen LogP contribution in [0, 0.1) is 5.92 Å². The first-order valence-corrected chi connectivity index (χ1v) is 15.5. The van der Waals surface area contributed by atoms with Gasteiger partial charge in [0.25, 0.3) is 5.91 Å². The predicted molar refractivity (Wildman–Crippen MR) is 152 cm³/mol. The maximum atomic E-state index is 13.4. The summed E-state index contributed by atoms with van der Waals surface area (Å²) in [5.41, 5.74) is 5.20. The third-order valence-electron chi connectivity index (χ3n) is 7.06. The summed E-state index contributed by atoms with van der Waals surface area (Å²) in [6.07, 6.45) is 1.24. The lowest BCUT2D eigenvalue weighted by molar-refractivity contribution is -0.185. The number of fused-ring (bicyclic) bond motifs is 1. The number of carbonyl (C=O) groups is 5. The van der Waals surface area contributed by atoms with Gasteiger partial charge in [-0.3, -0.25) is 9.59 Å². The third-order valence-corrected chi connectivity index (χ3v) is 9.20. The van der Waals surface area contributed by atoms with Crippen molar-refractivity contribution in [1.82, 2.24) is 20.1 Å². The monoisotopic (exact) mass is 642 g/mol. The van der Waals surface area contributed by atoms with Crippen LogP contribution in [-0.2, 0) is 33.3 Å². The number of aromatic nitrogens is 1. The number of carbonyl (C=O) groups excluding carboxylic acids is 5. The Morgan fingerprint density at radius 1 is 1.23 bits per heavy atom. The van der Waals surface area contributed by atoms with Gasteiger partial charge in [0.05, 0.1) is 6.61 Å². The van der Waals surface area contributed by atoms with E-state index >= 15 is 0 Å². The molecular weight excluding hydrogens is 608 g/mol. The van der Waals surface area contributed by atoms with E-state index in [-0.39, 0.29) is 29.3 Å². The highest BCUT2D eigenvalue weighted by Crippen LogP contribution is 2.41. The molecule has 1 aromatic rings. The number of thioether (sulfide) groups is 1. The van der Waals surface area contributed by atoms with Gasteiger partial charge in [0.1, 0.15) is 29.3 Å². The van der Waals surface area contributed by atoms with Crippen molar-refractivity contribution in [3.8, 4) is 0 Å². The van der Waals surface area contributed by atoms with Crippen LogP contribution in [0.4, 0.5) is 14.7 Å². The summed E-state index contributed by atoms with van der Waals surface area (Å²) >= 11 is 2.30. The molecule has 4 N–H and O–H groups in total. The zero-order chi connectivity index (χ0) is 31.3. The van der Waals surface area contributed by atoms with Crippen LogP contribution in [0.15, 0.2) is 10.5 Å². The number of nitrogens with zero attached hydrogens (tertiary/aromatic N) is 4. The summed E-state index contributed by atoms with van der Waals surface area (Å²) in [6, 6.07) is -2.28. The van der Waals surface area contributed by atoms with Gasteiger partial charge in [0.15, 0.2) is 10.8 Å². The SMILES string of the molecule is CC(OC(=O)OC1CCCCC1)OC(=O)C1C(COC(=O)N(C)C)CSC2C(NC(=O)/C(=N/O)c3csc(N)n3)C(=O)N21. The van der Waals surface area contributed by atoms with Gasteiger partial charge in [-0.1, -0.05) is 11.6 Å². The largest absolute Gasteiger partial charge is 0.511 e. The molecule has 1 aliphatic carbocycles. The molecule has 0 aromatic carbocycles. The fraction of sp³-hybridized carbons (Fsp3) is 0.640. The number of nitrogens with two attached hydrogens (primary N) is 1. The van der Waals surface area contributed by atoms with E-state index in [0.29, 0.717) is 0 Å². The van der Waals surface area contributed by atoms with Crippen molar-refractivity contribution >= 4 is 64.0 Å². The second kappa shape index (κ2) is 14.1. The Labute approximate surface area is 255 Å². The molecule has 3 fully saturated rings. The second-order valence-corrected chi connectivity index (χ2v) is 12.4. The van der Waals surface area contributed by atoms with Gasteiger partial charge < -0.3 is 45.0 Å². The van der Waals surface area contributed by atoms with Crippen molar-refractivity contribution in [3.05, 3.63) is 11.1 Å². The van der Waals surface area contributed by atoms with E-state index in [1.807, 2.05) is 0 Å². The fourth-order valence-electron chi connectivity index (χ4n) is 4.94. The summed E-state index contributed by atoms with van der Waals surface area (Å²) in [4.78, 5) is 70.3. The lowest BCUT2D eigenvalue weighted by Gasteiger charge is -2.54. The van der Waals surface area contributed by atoms with Gasteiger partial charge in [-0.05, 0) is 25.7 Å². The van der Waals surface area contributed by atoms with E-state index in [1.165, 1.54) is 48.0 Å². The van der Waals surface area contributed by atoms with Crippen LogP contribution in [0.2, 0.25) is 0 Å². The Hall–Kier alpha value is -3.80. The minimum absolute atomic E-state index is 0.0302. The lowest BCUT2D eigenvalue weighted by atomic mass is 9.93. The molecule has 4 rings (SSSR count). The maximum absolute atomic E-state index is 13.4. The molecule has 3 aliphatic rings. The van der Waals surface area contributed by atoms with E-state index in [2.05, 4.69) is 15.5 Å². The van der Waals surface area contributed by atoms with E-state index < -0.39 is 65.4 Å². The lowest BCUT2D eigenvalue weighted by Crippen LogP contribution is -2.76. The number of thiazole rings is 1. The number of nitrogen functional groups attached to an aromatic ring is 1. The smallest absolute Gasteiger partial charge is 0.449 e. The van der Waals surface area contributed by atoms with Crippen LogP contribution in [-0.4, -0.2) is 112 Å². The minimum Gasteiger partial charge on any atom is -0.449 e. The number of β-lactam (4-membered cyclic amide) rings is 1. The van der Waals surface area contributed by atoms with Crippen LogP contribution in [0.3, 0.4) is 0 Å². The Morgan fingerprint density at radius 2 is 1.95 bits per heavy atom. The predicted octanol–water partition coefficient (Wildman–Crippen LogP) is 1.36. The molecule has 16 nitrogen and oxygen atoms in total. The number of ether oxygens (including phenoxy) is 4. The summed E-state index contributed by atoms with van der Waals surface area (Å²) in [5.74, 6) is -2.79. The first kappa shape index (κ1) is 32.1. The third kappa shape index (κ3) is 7.59. The molecule has 5 unspecified atom stereocenters. The molecule has 0 radical (unpaired) electrons. The summed E-state index contributed by atoms with van der Waals surface area (Å²) in [6.45, 7) is 1.14. The number of amides is 3. The van der Waals surface area contributed by atoms with Gasteiger partial charge in [0, 0.05) is 38.1 Å². The first-order valence-electron chi connectivity index (χ1n) is 13.6. The summed E-state index contributed by atoms with van der Waals surface area (Å²) < 4.78 is 21.1. The van der Waals surface area contributed by atoms with E-state index in [4.69, 9.17) is 24.7 Å². The maximum Gasteiger partial charge on any atom is 0.511 e. The first-order chi connectivity index (χ1) is 20.5. The molecule has 1 aromatic heterocycles. The van der Waals surface area contributed by atoms with Crippen LogP contribution < -0.4 is 11.1 Å². The number of hydrogen-bond acceptors (Lipinski definition) is 15. The van der Waals surface area contributed by atoms with Gasteiger partial charge in [-0.25, -0.2) is 19.4 Å². The molecule has 43 heavy (non-hydrogen) atoms. The second-order valence-electron chi connectivity index (χ2n) is 10.4.